The Morgan fingerprint density at radius 2 is 1.94 bits per heavy atom. The summed E-state index contributed by atoms with van der Waals surface area (Å²) in [6.07, 6.45) is 1.04. The van der Waals surface area contributed by atoms with Gasteiger partial charge in [-0.25, -0.2) is 9.97 Å². The number of hydrogen-bond donors (Lipinski definition) is 1. The van der Waals surface area contributed by atoms with E-state index in [0.29, 0.717) is 0 Å². The number of nitrogens with two attached hydrogens (primary N) is 1. The number of hydrogen-bond acceptors (Lipinski definition) is 4. The standard InChI is InChI=1S/C13H16N4/c1-9-13(17-7-6-10(14)8-17)16-12-5-3-2-4-11(12)15-9/h2-5,10H,6-8,14H2,1H3. The molecule has 4 nitrogen and oxygen atoms in total. The molecule has 0 amide bonds. The molecule has 0 radical (unpaired) electrons. The molecule has 2 heterocycles. The molecule has 0 spiro atoms. The Morgan fingerprint density at radius 1 is 1.24 bits per heavy atom. The highest BCUT2D eigenvalue weighted by Crippen LogP contribution is 2.22. The molecular formula is C13H16N4. The normalized spacial score (nSPS) is 20.1. The van der Waals surface area contributed by atoms with E-state index in [9.17, 15) is 0 Å². The number of rotatable bonds is 1. The van der Waals surface area contributed by atoms with Crippen LogP contribution in [0.5, 0.6) is 0 Å². The molecule has 1 saturated heterocycles. The number of aromatic nitrogens is 2. The molecule has 1 aliphatic heterocycles. The van der Waals surface area contributed by atoms with Gasteiger partial charge in [0.1, 0.15) is 0 Å². The zero-order valence-electron chi connectivity index (χ0n) is 9.93. The summed E-state index contributed by atoms with van der Waals surface area (Å²) in [6.45, 7) is 3.88. The van der Waals surface area contributed by atoms with E-state index >= 15 is 0 Å². The van der Waals surface area contributed by atoms with Crippen molar-refractivity contribution in [3.05, 3.63) is 30.0 Å². The van der Waals surface area contributed by atoms with Gasteiger partial charge in [-0.05, 0) is 25.5 Å². The number of para-hydroxylation sites is 2. The Kier molecular flexibility index (Phi) is 2.44. The molecule has 2 aromatic rings. The summed E-state index contributed by atoms with van der Waals surface area (Å²) in [5.41, 5.74) is 8.83. The average molecular weight is 228 g/mol. The minimum absolute atomic E-state index is 0.266. The van der Waals surface area contributed by atoms with Gasteiger partial charge in [0.15, 0.2) is 5.82 Å². The maximum absolute atomic E-state index is 5.94. The Balaban J connectivity index is 2.07. The Hall–Kier alpha value is -1.68. The van der Waals surface area contributed by atoms with Gasteiger partial charge in [0.2, 0.25) is 0 Å². The average Bonchev–Trinajstić information content (AvgIpc) is 2.75. The van der Waals surface area contributed by atoms with Crippen molar-refractivity contribution in [2.45, 2.75) is 19.4 Å². The second-order valence-corrected chi connectivity index (χ2v) is 4.62. The van der Waals surface area contributed by atoms with E-state index in [0.717, 1.165) is 42.1 Å². The minimum atomic E-state index is 0.266. The molecule has 0 aliphatic carbocycles. The van der Waals surface area contributed by atoms with Crippen LogP contribution >= 0.6 is 0 Å². The summed E-state index contributed by atoms with van der Waals surface area (Å²) in [5, 5.41) is 0. The SMILES string of the molecule is Cc1nc2ccccc2nc1N1CCC(N)C1. The van der Waals surface area contributed by atoms with Crippen molar-refractivity contribution in [3.63, 3.8) is 0 Å². The Labute approximate surface area is 100 Å². The van der Waals surface area contributed by atoms with Crippen LogP contribution in [-0.4, -0.2) is 29.1 Å². The van der Waals surface area contributed by atoms with Crippen molar-refractivity contribution in [3.8, 4) is 0 Å². The molecule has 88 valence electrons. The first-order valence-corrected chi connectivity index (χ1v) is 5.98. The summed E-state index contributed by atoms with van der Waals surface area (Å²) in [5.74, 6) is 0.983. The molecule has 3 rings (SSSR count). The van der Waals surface area contributed by atoms with Crippen LogP contribution in [0.2, 0.25) is 0 Å². The Morgan fingerprint density at radius 3 is 2.59 bits per heavy atom. The smallest absolute Gasteiger partial charge is 0.150 e. The third kappa shape index (κ3) is 1.85. The topological polar surface area (TPSA) is 55.0 Å². The fraction of sp³-hybridized carbons (Fsp3) is 0.385. The van der Waals surface area contributed by atoms with Gasteiger partial charge in [-0.3, -0.25) is 0 Å². The summed E-state index contributed by atoms with van der Waals surface area (Å²) < 4.78 is 0. The van der Waals surface area contributed by atoms with Crippen LogP contribution in [-0.2, 0) is 0 Å². The van der Waals surface area contributed by atoms with Gasteiger partial charge in [0.05, 0.1) is 16.7 Å². The fourth-order valence-corrected chi connectivity index (χ4v) is 2.36. The van der Waals surface area contributed by atoms with Crippen LogP contribution in [0.1, 0.15) is 12.1 Å². The van der Waals surface area contributed by atoms with Crippen LogP contribution in [0, 0.1) is 6.92 Å². The molecule has 1 fully saturated rings. The summed E-state index contributed by atoms with van der Waals surface area (Å²) in [7, 11) is 0. The van der Waals surface area contributed by atoms with E-state index in [1.165, 1.54) is 0 Å². The third-order valence-electron chi connectivity index (χ3n) is 3.24. The predicted octanol–water partition coefficient (Wildman–Crippen LogP) is 1.48. The van der Waals surface area contributed by atoms with Crippen LogP contribution in [0.25, 0.3) is 11.0 Å². The first-order chi connectivity index (χ1) is 8.24. The van der Waals surface area contributed by atoms with Crippen molar-refractivity contribution >= 4 is 16.9 Å². The van der Waals surface area contributed by atoms with Crippen molar-refractivity contribution < 1.29 is 0 Å². The molecule has 1 aliphatic rings. The van der Waals surface area contributed by atoms with Crippen LogP contribution in [0.4, 0.5) is 5.82 Å². The van der Waals surface area contributed by atoms with Gasteiger partial charge in [0, 0.05) is 19.1 Å². The zero-order valence-corrected chi connectivity index (χ0v) is 9.93. The molecule has 4 heteroatoms. The summed E-state index contributed by atoms with van der Waals surface area (Å²) >= 11 is 0. The summed E-state index contributed by atoms with van der Waals surface area (Å²) in [4.78, 5) is 11.5. The molecule has 0 saturated carbocycles. The Bertz CT molecular complexity index is 552. The molecule has 2 N–H and O–H groups in total. The zero-order chi connectivity index (χ0) is 11.8. The maximum atomic E-state index is 5.94. The second-order valence-electron chi connectivity index (χ2n) is 4.62. The number of anilines is 1. The molecule has 17 heavy (non-hydrogen) atoms. The van der Waals surface area contributed by atoms with Crippen molar-refractivity contribution in [2.75, 3.05) is 18.0 Å². The van der Waals surface area contributed by atoms with Crippen LogP contribution in [0.15, 0.2) is 24.3 Å². The van der Waals surface area contributed by atoms with Crippen molar-refractivity contribution in [1.29, 1.82) is 0 Å². The van der Waals surface area contributed by atoms with Crippen LogP contribution in [0.3, 0.4) is 0 Å². The first kappa shape index (κ1) is 10.5. The van der Waals surface area contributed by atoms with Gasteiger partial charge in [-0.1, -0.05) is 12.1 Å². The van der Waals surface area contributed by atoms with E-state index in [-0.39, 0.29) is 6.04 Å². The number of benzene rings is 1. The van der Waals surface area contributed by atoms with E-state index in [1.807, 2.05) is 31.2 Å². The van der Waals surface area contributed by atoms with Crippen molar-refractivity contribution in [1.82, 2.24) is 9.97 Å². The van der Waals surface area contributed by atoms with E-state index in [1.54, 1.807) is 0 Å². The van der Waals surface area contributed by atoms with E-state index in [4.69, 9.17) is 10.7 Å². The van der Waals surface area contributed by atoms with Gasteiger partial charge in [-0.15, -0.1) is 0 Å². The molecular weight excluding hydrogens is 212 g/mol. The minimum Gasteiger partial charge on any atom is -0.353 e. The number of fused-ring (bicyclic) bond motifs is 1. The molecule has 1 unspecified atom stereocenters. The van der Waals surface area contributed by atoms with Gasteiger partial charge in [-0.2, -0.15) is 0 Å². The first-order valence-electron chi connectivity index (χ1n) is 5.98. The highest BCUT2D eigenvalue weighted by atomic mass is 15.2. The largest absolute Gasteiger partial charge is 0.353 e. The quantitative estimate of drug-likeness (QED) is 0.803. The molecule has 1 atom stereocenters. The molecule has 1 aromatic heterocycles. The van der Waals surface area contributed by atoms with Gasteiger partial charge >= 0.3 is 0 Å². The number of aryl methyl sites for hydroxylation is 1. The van der Waals surface area contributed by atoms with E-state index in [2.05, 4.69) is 9.88 Å². The van der Waals surface area contributed by atoms with Gasteiger partial charge < -0.3 is 10.6 Å². The monoisotopic (exact) mass is 228 g/mol. The lowest BCUT2D eigenvalue weighted by Gasteiger charge is -2.18. The van der Waals surface area contributed by atoms with Gasteiger partial charge in [0.25, 0.3) is 0 Å². The number of nitrogens with zero attached hydrogens (tertiary/aromatic N) is 3. The predicted molar refractivity (Wildman–Crippen MR) is 69.1 cm³/mol. The lowest BCUT2D eigenvalue weighted by Crippen LogP contribution is -2.27. The molecule has 0 bridgehead atoms. The fourth-order valence-electron chi connectivity index (χ4n) is 2.36. The van der Waals surface area contributed by atoms with E-state index < -0.39 is 0 Å². The maximum Gasteiger partial charge on any atom is 0.150 e. The lowest BCUT2D eigenvalue weighted by molar-refractivity contribution is 0.751. The highest BCUT2D eigenvalue weighted by molar-refractivity contribution is 5.76. The highest BCUT2D eigenvalue weighted by Gasteiger charge is 2.22. The van der Waals surface area contributed by atoms with Crippen molar-refractivity contribution in [2.24, 2.45) is 5.73 Å². The second kappa shape index (κ2) is 3.96. The summed E-state index contributed by atoms with van der Waals surface area (Å²) in [6, 6.07) is 8.24. The molecule has 1 aromatic carbocycles. The lowest BCUT2D eigenvalue weighted by atomic mass is 10.3. The van der Waals surface area contributed by atoms with Crippen LogP contribution < -0.4 is 10.6 Å². The third-order valence-corrected chi connectivity index (χ3v) is 3.24.